The molecule has 0 unspecified atom stereocenters. The third-order valence-electron chi connectivity index (χ3n) is 4.98. The highest BCUT2D eigenvalue weighted by Crippen LogP contribution is 2.30. The number of piperidine rings is 1. The van der Waals surface area contributed by atoms with Crippen LogP contribution in [0, 0.1) is 5.92 Å². The normalized spacial score (nSPS) is 23.3. The van der Waals surface area contributed by atoms with Crippen LogP contribution in [0.15, 0.2) is 24.3 Å². The van der Waals surface area contributed by atoms with Gasteiger partial charge < -0.3 is 5.32 Å². The molecular weight excluding hydrogens is 312 g/mol. The predicted molar refractivity (Wildman–Crippen MR) is 89.4 cm³/mol. The Hall–Kier alpha value is -1.40. The monoisotopic (exact) mass is 336 g/mol. The first kappa shape index (κ1) is 16.5. The highest BCUT2D eigenvalue weighted by atomic mass is 32.2. The molecule has 1 aliphatic heterocycles. The lowest BCUT2D eigenvalue weighted by Crippen LogP contribution is -2.43. The van der Waals surface area contributed by atoms with Crippen LogP contribution in [0.25, 0.3) is 0 Å². The van der Waals surface area contributed by atoms with Crippen molar-refractivity contribution < 1.29 is 13.2 Å². The fourth-order valence-corrected chi connectivity index (χ4v) is 4.52. The van der Waals surface area contributed by atoms with E-state index >= 15 is 0 Å². The maximum absolute atomic E-state index is 12.6. The van der Waals surface area contributed by atoms with Gasteiger partial charge in [0.25, 0.3) is 0 Å². The van der Waals surface area contributed by atoms with Gasteiger partial charge in [-0.2, -0.15) is 0 Å². The standard InChI is InChI=1S/C17H24N2O3S/c1-23(21,22)19-11-9-14(10-12-19)17(20)18-16-8-4-6-13-5-2-3-7-15(13)16/h2-3,5,7,14,16H,4,6,8-12H2,1H3,(H,18,20)/t16-/m1/s1. The van der Waals surface area contributed by atoms with Crippen molar-refractivity contribution in [1.82, 2.24) is 9.62 Å². The van der Waals surface area contributed by atoms with Crippen LogP contribution in [-0.2, 0) is 21.2 Å². The Labute approximate surface area is 138 Å². The van der Waals surface area contributed by atoms with Crippen molar-refractivity contribution in [3.8, 4) is 0 Å². The number of hydrogen-bond donors (Lipinski definition) is 1. The minimum Gasteiger partial charge on any atom is -0.349 e. The summed E-state index contributed by atoms with van der Waals surface area (Å²) in [6.45, 7) is 0.885. The first-order valence-electron chi connectivity index (χ1n) is 8.28. The molecule has 1 amide bonds. The largest absolute Gasteiger partial charge is 0.349 e. The summed E-state index contributed by atoms with van der Waals surface area (Å²) in [6, 6.07) is 8.40. The van der Waals surface area contributed by atoms with Crippen molar-refractivity contribution in [2.24, 2.45) is 5.92 Å². The molecule has 0 bridgehead atoms. The maximum Gasteiger partial charge on any atom is 0.223 e. The molecule has 2 aliphatic rings. The van der Waals surface area contributed by atoms with Gasteiger partial charge in [0.05, 0.1) is 12.3 Å². The van der Waals surface area contributed by atoms with E-state index in [0.29, 0.717) is 25.9 Å². The number of fused-ring (bicyclic) bond motifs is 1. The second-order valence-corrected chi connectivity index (χ2v) is 8.57. The number of aryl methyl sites for hydroxylation is 1. The van der Waals surface area contributed by atoms with E-state index in [4.69, 9.17) is 0 Å². The van der Waals surface area contributed by atoms with Gasteiger partial charge in [0.2, 0.25) is 15.9 Å². The zero-order valence-corrected chi connectivity index (χ0v) is 14.3. The molecule has 3 rings (SSSR count). The Morgan fingerprint density at radius 3 is 2.57 bits per heavy atom. The van der Waals surface area contributed by atoms with E-state index < -0.39 is 10.0 Å². The number of amides is 1. The first-order chi connectivity index (χ1) is 10.9. The molecule has 0 saturated carbocycles. The molecule has 1 aromatic rings. The third-order valence-corrected chi connectivity index (χ3v) is 6.28. The van der Waals surface area contributed by atoms with E-state index in [1.165, 1.54) is 21.7 Å². The molecule has 0 aromatic heterocycles. The smallest absolute Gasteiger partial charge is 0.223 e. The van der Waals surface area contributed by atoms with Crippen molar-refractivity contribution in [2.75, 3.05) is 19.3 Å². The molecule has 126 valence electrons. The van der Waals surface area contributed by atoms with Gasteiger partial charge in [-0.1, -0.05) is 24.3 Å². The molecule has 23 heavy (non-hydrogen) atoms. The molecule has 0 spiro atoms. The number of hydrogen-bond acceptors (Lipinski definition) is 3. The average Bonchev–Trinajstić information content (AvgIpc) is 2.54. The zero-order chi connectivity index (χ0) is 16.4. The Kier molecular flexibility index (Phi) is 4.73. The number of nitrogens with zero attached hydrogens (tertiary/aromatic N) is 1. The lowest BCUT2D eigenvalue weighted by molar-refractivity contribution is -0.127. The molecule has 1 fully saturated rings. The van der Waals surface area contributed by atoms with Gasteiger partial charge in [-0.15, -0.1) is 0 Å². The molecule has 6 heteroatoms. The maximum atomic E-state index is 12.6. The molecular formula is C17H24N2O3S. The SMILES string of the molecule is CS(=O)(=O)N1CCC(C(=O)N[C@@H]2CCCc3ccccc32)CC1. The van der Waals surface area contributed by atoms with Crippen molar-refractivity contribution in [2.45, 2.75) is 38.1 Å². The molecule has 1 atom stereocenters. The molecule has 1 aliphatic carbocycles. The van der Waals surface area contributed by atoms with E-state index in [9.17, 15) is 13.2 Å². The molecule has 1 saturated heterocycles. The molecule has 0 radical (unpaired) electrons. The van der Waals surface area contributed by atoms with Crippen molar-refractivity contribution in [1.29, 1.82) is 0 Å². The van der Waals surface area contributed by atoms with Gasteiger partial charge in [0, 0.05) is 19.0 Å². The highest BCUT2D eigenvalue weighted by Gasteiger charge is 2.30. The summed E-state index contributed by atoms with van der Waals surface area (Å²) >= 11 is 0. The number of rotatable bonds is 3. The lowest BCUT2D eigenvalue weighted by atomic mass is 9.87. The second-order valence-electron chi connectivity index (χ2n) is 6.59. The van der Waals surface area contributed by atoms with E-state index in [0.717, 1.165) is 19.3 Å². The highest BCUT2D eigenvalue weighted by molar-refractivity contribution is 7.88. The number of benzene rings is 1. The summed E-state index contributed by atoms with van der Waals surface area (Å²) in [5, 5.41) is 3.19. The predicted octanol–water partition coefficient (Wildman–Crippen LogP) is 1.85. The second kappa shape index (κ2) is 6.61. The van der Waals surface area contributed by atoms with Crippen LogP contribution in [0.2, 0.25) is 0 Å². The zero-order valence-electron chi connectivity index (χ0n) is 13.5. The number of carbonyl (C=O) groups is 1. The summed E-state index contributed by atoms with van der Waals surface area (Å²) in [5.41, 5.74) is 2.57. The summed E-state index contributed by atoms with van der Waals surface area (Å²) in [4.78, 5) is 12.6. The van der Waals surface area contributed by atoms with E-state index in [1.54, 1.807) is 0 Å². The Balaban J connectivity index is 1.61. The van der Waals surface area contributed by atoms with Gasteiger partial charge >= 0.3 is 0 Å². The van der Waals surface area contributed by atoms with Crippen molar-refractivity contribution in [3.05, 3.63) is 35.4 Å². The van der Waals surface area contributed by atoms with Crippen molar-refractivity contribution in [3.63, 3.8) is 0 Å². The van der Waals surface area contributed by atoms with Crippen LogP contribution in [0.4, 0.5) is 0 Å². The summed E-state index contributed by atoms with van der Waals surface area (Å²) in [5.74, 6) is -0.0121. The van der Waals surface area contributed by atoms with Crippen LogP contribution in [0.3, 0.4) is 0 Å². The van der Waals surface area contributed by atoms with Gasteiger partial charge in [0.1, 0.15) is 0 Å². The molecule has 1 heterocycles. The number of sulfonamides is 1. The minimum absolute atomic E-state index is 0.0693. The summed E-state index contributed by atoms with van der Waals surface area (Å²) in [7, 11) is -3.14. The average molecular weight is 336 g/mol. The van der Waals surface area contributed by atoms with Crippen LogP contribution in [-0.4, -0.2) is 38.0 Å². The van der Waals surface area contributed by atoms with E-state index in [2.05, 4.69) is 17.4 Å². The Bertz CT molecular complexity index is 679. The topological polar surface area (TPSA) is 66.5 Å². The van der Waals surface area contributed by atoms with Gasteiger partial charge in [-0.05, 0) is 43.2 Å². The molecule has 1 N–H and O–H groups in total. The summed E-state index contributed by atoms with van der Waals surface area (Å²) in [6.07, 6.45) is 5.58. The van der Waals surface area contributed by atoms with Crippen LogP contribution in [0.5, 0.6) is 0 Å². The Morgan fingerprint density at radius 2 is 1.87 bits per heavy atom. The Morgan fingerprint density at radius 1 is 1.17 bits per heavy atom. The van der Waals surface area contributed by atoms with Crippen LogP contribution >= 0.6 is 0 Å². The quantitative estimate of drug-likeness (QED) is 0.916. The number of carbonyl (C=O) groups excluding carboxylic acids is 1. The van der Waals surface area contributed by atoms with E-state index in [-0.39, 0.29) is 17.9 Å². The fourth-order valence-electron chi connectivity index (χ4n) is 3.64. The molecule has 5 nitrogen and oxygen atoms in total. The van der Waals surface area contributed by atoms with Crippen LogP contribution in [0.1, 0.15) is 42.9 Å². The van der Waals surface area contributed by atoms with Gasteiger partial charge in [-0.3, -0.25) is 4.79 Å². The van der Waals surface area contributed by atoms with Crippen molar-refractivity contribution >= 4 is 15.9 Å². The number of nitrogens with one attached hydrogen (secondary N) is 1. The first-order valence-corrected chi connectivity index (χ1v) is 10.1. The van der Waals surface area contributed by atoms with Gasteiger partial charge in [0.15, 0.2) is 0 Å². The third kappa shape index (κ3) is 3.75. The van der Waals surface area contributed by atoms with E-state index in [1.807, 2.05) is 12.1 Å². The molecule has 1 aromatic carbocycles. The van der Waals surface area contributed by atoms with Crippen LogP contribution < -0.4 is 5.32 Å². The fraction of sp³-hybridized carbons (Fsp3) is 0.588. The van der Waals surface area contributed by atoms with Gasteiger partial charge in [-0.25, -0.2) is 12.7 Å². The minimum atomic E-state index is -3.14. The lowest BCUT2D eigenvalue weighted by Gasteiger charge is -2.32. The summed E-state index contributed by atoms with van der Waals surface area (Å²) < 4.78 is 24.5.